The molecule has 0 saturated carbocycles. The van der Waals surface area contributed by atoms with Gasteiger partial charge in [0.1, 0.15) is 0 Å². The molecule has 2 nitrogen and oxygen atoms in total. The van der Waals surface area contributed by atoms with Crippen LogP contribution in [0.2, 0.25) is 0 Å². The van der Waals surface area contributed by atoms with Crippen molar-refractivity contribution in [2.75, 3.05) is 13.1 Å². The zero-order valence-corrected chi connectivity index (χ0v) is 10.5. The van der Waals surface area contributed by atoms with E-state index in [0.717, 1.165) is 17.8 Å². The summed E-state index contributed by atoms with van der Waals surface area (Å²) in [7, 11) is 0. The first-order valence-electron chi connectivity index (χ1n) is 5.49. The molecule has 0 N–H and O–H groups in total. The third-order valence-electron chi connectivity index (χ3n) is 2.76. The Labute approximate surface area is 95.9 Å². The fraction of sp³-hybridized carbons (Fsp3) is 0.583. The van der Waals surface area contributed by atoms with Gasteiger partial charge in [-0.3, -0.25) is 9.69 Å². The van der Waals surface area contributed by atoms with Crippen molar-refractivity contribution in [3.05, 3.63) is 22.4 Å². The lowest BCUT2D eigenvalue weighted by atomic mass is 10.2. The zero-order chi connectivity index (χ0) is 11.3. The van der Waals surface area contributed by atoms with Crippen molar-refractivity contribution in [2.24, 2.45) is 0 Å². The summed E-state index contributed by atoms with van der Waals surface area (Å²) >= 11 is 1.53. The first kappa shape index (κ1) is 12.4. The van der Waals surface area contributed by atoms with Crippen molar-refractivity contribution in [1.29, 1.82) is 0 Å². The Morgan fingerprint density at radius 3 is 2.73 bits per heavy atom. The number of hydrogen-bond donors (Lipinski definition) is 0. The Morgan fingerprint density at radius 2 is 2.27 bits per heavy atom. The van der Waals surface area contributed by atoms with Crippen LogP contribution >= 0.6 is 11.3 Å². The normalized spacial score (nSPS) is 13.1. The molecule has 15 heavy (non-hydrogen) atoms. The van der Waals surface area contributed by atoms with Gasteiger partial charge >= 0.3 is 0 Å². The average Bonchev–Trinajstić information content (AvgIpc) is 2.77. The fourth-order valence-electron chi connectivity index (χ4n) is 1.54. The van der Waals surface area contributed by atoms with Crippen molar-refractivity contribution in [3.8, 4) is 0 Å². The highest BCUT2D eigenvalue weighted by Gasteiger charge is 2.15. The highest BCUT2D eigenvalue weighted by atomic mass is 32.1. The molecule has 0 aliphatic heterocycles. The predicted molar refractivity (Wildman–Crippen MR) is 65.6 cm³/mol. The summed E-state index contributed by atoms with van der Waals surface area (Å²) in [4.78, 5) is 15.0. The Balaban J connectivity index is 2.56. The number of Topliss-reactive ketones (excluding diaryl/α,β-unsaturated/α-hetero) is 1. The minimum Gasteiger partial charge on any atom is -0.293 e. The van der Waals surface area contributed by atoms with Crippen LogP contribution in [0, 0.1) is 0 Å². The van der Waals surface area contributed by atoms with Gasteiger partial charge in [0, 0.05) is 6.04 Å². The maximum Gasteiger partial charge on any atom is 0.186 e. The third-order valence-corrected chi connectivity index (χ3v) is 3.67. The van der Waals surface area contributed by atoms with Crippen molar-refractivity contribution >= 4 is 17.1 Å². The third kappa shape index (κ3) is 3.43. The van der Waals surface area contributed by atoms with Crippen LogP contribution < -0.4 is 0 Å². The Hall–Kier alpha value is -0.670. The molecular formula is C12H19NOS. The molecule has 0 bridgehead atoms. The summed E-state index contributed by atoms with van der Waals surface area (Å²) in [5, 5.41) is 1.95. The SMILES string of the molecule is CCC(C)N(CC)CC(=O)c1cccs1. The van der Waals surface area contributed by atoms with E-state index >= 15 is 0 Å². The van der Waals surface area contributed by atoms with Gasteiger partial charge in [-0.05, 0) is 31.3 Å². The van der Waals surface area contributed by atoms with Gasteiger partial charge in [-0.2, -0.15) is 0 Å². The van der Waals surface area contributed by atoms with Gasteiger partial charge in [0.2, 0.25) is 0 Å². The standard InChI is InChI=1S/C12H19NOS/c1-4-10(3)13(5-2)9-11(14)12-7-6-8-15-12/h6-8,10H,4-5,9H2,1-3H3. The van der Waals surface area contributed by atoms with Gasteiger partial charge in [-0.15, -0.1) is 11.3 Å². The highest BCUT2D eigenvalue weighted by molar-refractivity contribution is 7.12. The van der Waals surface area contributed by atoms with Crippen molar-refractivity contribution in [2.45, 2.75) is 33.2 Å². The summed E-state index contributed by atoms with van der Waals surface area (Å²) < 4.78 is 0. The van der Waals surface area contributed by atoms with Gasteiger partial charge in [0.05, 0.1) is 11.4 Å². The Morgan fingerprint density at radius 1 is 1.53 bits per heavy atom. The summed E-state index contributed by atoms with van der Waals surface area (Å²) in [6.07, 6.45) is 1.09. The molecule has 0 aliphatic carbocycles. The van der Waals surface area contributed by atoms with Crippen LogP contribution in [-0.2, 0) is 0 Å². The predicted octanol–water partition coefficient (Wildman–Crippen LogP) is 3.05. The highest BCUT2D eigenvalue weighted by Crippen LogP contribution is 2.11. The molecule has 1 atom stereocenters. The lowest BCUT2D eigenvalue weighted by Crippen LogP contribution is -2.36. The van der Waals surface area contributed by atoms with Gasteiger partial charge in [0.25, 0.3) is 0 Å². The molecule has 0 aromatic carbocycles. The second-order valence-electron chi connectivity index (χ2n) is 3.72. The summed E-state index contributed by atoms with van der Waals surface area (Å²) in [5.74, 6) is 0.243. The molecule has 0 saturated heterocycles. The number of hydrogen-bond acceptors (Lipinski definition) is 3. The first-order valence-corrected chi connectivity index (χ1v) is 6.37. The maximum absolute atomic E-state index is 11.9. The second-order valence-corrected chi connectivity index (χ2v) is 4.67. The van der Waals surface area contributed by atoms with E-state index in [4.69, 9.17) is 0 Å². The monoisotopic (exact) mass is 225 g/mol. The van der Waals surface area contributed by atoms with Crippen molar-refractivity contribution in [1.82, 2.24) is 4.90 Å². The van der Waals surface area contributed by atoms with E-state index in [1.807, 2.05) is 17.5 Å². The maximum atomic E-state index is 11.9. The number of likely N-dealkylation sites (N-methyl/N-ethyl adjacent to an activating group) is 1. The Bertz CT molecular complexity index is 295. The molecule has 1 rings (SSSR count). The lowest BCUT2D eigenvalue weighted by molar-refractivity contribution is 0.0906. The van der Waals surface area contributed by atoms with E-state index in [0.29, 0.717) is 12.6 Å². The number of ketones is 1. The van der Waals surface area contributed by atoms with Gasteiger partial charge in [-0.25, -0.2) is 0 Å². The van der Waals surface area contributed by atoms with Gasteiger partial charge in [0.15, 0.2) is 5.78 Å². The average molecular weight is 225 g/mol. The molecule has 0 amide bonds. The number of carbonyl (C=O) groups is 1. The first-order chi connectivity index (χ1) is 7.19. The molecule has 1 aromatic rings. The topological polar surface area (TPSA) is 20.3 Å². The Kier molecular flexibility index (Phi) is 4.99. The minimum atomic E-state index is 0.243. The largest absolute Gasteiger partial charge is 0.293 e. The van der Waals surface area contributed by atoms with Crippen LogP contribution in [-0.4, -0.2) is 29.8 Å². The molecule has 0 spiro atoms. The number of thiophene rings is 1. The van der Waals surface area contributed by atoms with Crippen LogP contribution in [0.15, 0.2) is 17.5 Å². The molecule has 0 radical (unpaired) electrons. The van der Waals surface area contributed by atoms with Crippen LogP contribution in [0.5, 0.6) is 0 Å². The van der Waals surface area contributed by atoms with E-state index in [9.17, 15) is 4.79 Å². The summed E-state index contributed by atoms with van der Waals surface area (Å²) in [5.41, 5.74) is 0. The molecule has 1 unspecified atom stereocenters. The van der Waals surface area contributed by atoms with Crippen LogP contribution in [0.4, 0.5) is 0 Å². The van der Waals surface area contributed by atoms with E-state index in [1.165, 1.54) is 11.3 Å². The quantitative estimate of drug-likeness (QED) is 0.694. The van der Waals surface area contributed by atoms with Crippen LogP contribution in [0.3, 0.4) is 0 Å². The minimum absolute atomic E-state index is 0.243. The van der Waals surface area contributed by atoms with Crippen molar-refractivity contribution in [3.63, 3.8) is 0 Å². The van der Waals surface area contributed by atoms with Crippen LogP contribution in [0.1, 0.15) is 36.9 Å². The fourth-order valence-corrected chi connectivity index (χ4v) is 2.19. The number of carbonyl (C=O) groups excluding carboxylic acids is 1. The van der Waals surface area contributed by atoms with E-state index in [1.54, 1.807) is 0 Å². The molecule has 1 aromatic heterocycles. The molecular weight excluding hydrogens is 206 g/mol. The number of rotatable bonds is 6. The molecule has 1 heterocycles. The molecule has 0 aliphatic rings. The van der Waals surface area contributed by atoms with Gasteiger partial charge in [-0.1, -0.05) is 19.9 Å². The zero-order valence-electron chi connectivity index (χ0n) is 9.69. The molecule has 84 valence electrons. The van der Waals surface area contributed by atoms with Crippen LogP contribution in [0.25, 0.3) is 0 Å². The number of nitrogens with zero attached hydrogens (tertiary/aromatic N) is 1. The second kappa shape index (κ2) is 6.03. The molecule has 0 fully saturated rings. The van der Waals surface area contributed by atoms with Gasteiger partial charge < -0.3 is 0 Å². The van der Waals surface area contributed by atoms with E-state index in [2.05, 4.69) is 25.7 Å². The van der Waals surface area contributed by atoms with E-state index in [-0.39, 0.29) is 5.78 Å². The van der Waals surface area contributed by atoms with Crippen molar-refractivity contribution < 1.29 is 4.79 Å². The lowest BCUT2D eigenvalue weighted by Gasteiger charge is -2.25. The summed E-state index contributed by atoms with van der Waals surface area (Å²) in [6, 6.07) is 4.31. The van der Waals surface area contributed by atoms with E-state index < -0.39 is 0 Å². The molecule has 3 heteroatoms. The summed E-state index contributed by atoms with van der Waals surface area (Å²) in [6.45, 7) is 7.92. The smallest absolute Gasteiger partial charge is 0.186 e.